The van der Waals surface area contributed by atoms with E-state index in [2.05, 4.69) is 5.32 Å². The summed E-state index contributed by atoms with van der Waals surface area (Å²) in [6.07, 6.45) is -1.71. The third-order valence-corrected chi connectivity index (χ3v) is 8.30. The molecule has 1 unspecified atom stereocenters. The largest absolute Gasteiger partial charge is 0.497 e. The van der Waals surface area contributed by atoms with Crippen LogP contribution in [0.3, 0.4) is 0 Å². The zero-order valence-electron chi connectivity index (χ0n) is 25.8. The van der Waals surface area contributed by atoms with E-state index in [1.54, 1.807) is 32.9 Å². The first-order chi connectivity index (χ1) is 20.3. The summed E-state index contributed by atoms with van der Waals surface area (Å²) in [6.45, 7) is 9.43. The van der Waals surface area contributed by atoms with Gasteiger partial charge in [-0.05, 0) is 80.6 Å². The summed E-state index contributed by atoms with van der Waals surface area (Å²) in [4.78, 5) is 12.9. The van der Waals surface area contributed by atoms with Crippen LogP contribution in [-0.2, 0) is 27.8 Å². The minimum absolute atomic E-state index is 0.0130. The molecular weight excluding hydrogens is 568 g/mol. The minimum atomic E-state index is -3.96. The first-order valence-corrected chi connectivity index (χ1v) is 15.8. The van der Waals surface area contributed by atoms with Gasteiger partial charge >= 0.3 is 6.09 Å². The van der Waals surface area contributed by atoms with Gasteiger partial charge in [0.15, 0.2) is 0 Å². The van der Waals surface area contributed by atoms with Gasteiger partial charge in [0.05, 0.1) is 24.2 Å². The van der Waals surface area contributed by atoms with E-state index in [4.69, 9.17) is 14.2 Å². The van der Waals surface area contributed by atoms with Crippen LogP contribution in [0.1, 0.15) is 45.7 Å². The molecule has 0 spiro atoms. The topological polar surface area (TPSA) is 114 Å². The number of benzene rings is 3. The molecule has 9 nitrogen and oxygen atoms in total. The summed E-state index contributed by atoms with van der Waals surface area (Å²) in [5, 5.41) is 14.2. The highest BCUT2D eigenvalue weighted by molar-refractivity contribution is 7.89. The molecule has 43 heavy (non-hydrogen) atoms. The molecule has 2 N–H and O–H groups in total. The lowest BCUT2D eigenvalue weighted by Gasteiger charge is -2.31. The number of methoxy groups -OCH3 is 1. The zero-order valence-corrected chi connectivity index (χ0v) is 26.6. The van der Waals surface area contributed by atoms with Crippen LogP contribution >= 0.6 is 0 Å². The molecule has 0 saturated carbocycles. The minimum Gasteiger partial charge on any atom is -0.497 e. The third-order valence-electron chi connectivity index (χ3n) is 6.45. The van der Waals surface area contributed by atoms with Gasteiger partial charge < -0.3 is 24.6 Å². The Balaban J connectivity index is 1.80. The van der Waals surface area contributed by atoms with E-state index in [0.29, 0.717) is 18.1 Å². The average molecular weight is 613 g/mol. The highest BCUT2D eigenvalue weighted by atomic mass is 32.2. The Bertz CT molecular complexity index is 1390. The van der Waals surface area contributed by atoms with Crippen LogP contribution in [0.2, 0.25) is 0 Å². The number of ether oxygens (including phenoxy) is 3. The Hall–Kier alpha value is -3.60. The molecule has 0 aliphatic carbocycles. The fourth-order valence-electron chi connectivity index (χ4n) is 4.37. The summed E-state index contributed by atoms with van der Waals surface area (Å²) in [6, 6.07) is 22.5. The number of carbonyl (C=O) groups excluding carboxylic acids is 1. The van der Waals surface area contributed by atoms with Crippen molar-refractivity contribution in [3.8, 4) is 11.5 Å². The van der Waals surface area contributed by atoms with Gasteiger partial charge in [-0.15, -0.1) is 0 Å². The van der Waals surface area contributed by atoms with Crippen molar-refractivity contribution in [2.24, 2.45) is 5.92 Å². The fraction of sp³-hybridized carbons (Fsp3) is 0.424. The van der Waals surface area contributed by atoms with E-state index >= 15 is 0 Å². The number of sulfonamides is 1. The van der Waals surface area contributed by atoms with E-state index in [-0.39, 0.29) is 30.3 Å². The highest BCUT2D eigenvalue weighted by Gasteiger charge is 2.32. The highest BCUT2D eigenvalue weighted by Crippen LogP contribution is 2.22. The zero-order chi connectivity index (χ0) is 31.6. The first-order valence-electron chi connectivity index (χ1n) is 14.3. The number of nitrogens with zero attached hydrogens (tertiary/aromatic N) is 1. The van der Waals surface area contributed by atoms with Crippen molar-refractivity contribution in [1.82, 2.24) is 9.62 Å². The van der Waals surface area contributed by atoms with Gasteiger partial charge in [0, 0.05) is 13.1 Å². The number of hydrogen-bond acceptors (Lipinski definition) is 7. The van der Waals surface area contributed by atoms with E-state index < -0.39 is 33.9 Å². The molecule has 3 rings (SSSR count). The average Bonchev–Trinajstić information content (AvgIpc) is 2.95. The fourth-order valence-corrected chi connectivity index (χ4v) is 5.99. The number of alkyl carbamates (subject to hydrolysis) is 1. The Morgan fingerprint density at radius 3 is 2.05 bits per heavy atom. The van der Waals surface area contributed by atoms with Crippen molar-refractivity contribution in [3.05, 3.63) is 90.0 Å². The SMILES string of the molecule is COc1ccc(S(=O)(=O)N(CC(C)C)C[C@H](O)C(Cc2ccc(OCc3ccccc3)cc2)NC(=O)OC(C)(C)C)cc1. The van der Waals surface area contributed by atoms with Crippen LogP contribution in [0, 0.1) is 5.92 Å². The van der Waals surface area contributed by atoms with Crippen LogP contribution in [0.15, 0.2) is 83.8 Å². The number of carbonyl (C=O) groups is 1. The number of hydrogen-bond donors (Lipinski definition) is 2. The molecule has 0 heterocycles. The van der Waals surface area contributed by atoms with Gasteiger partial charge in [0.2, 0.25) is 10.0 Å². The first kappa shape index (κ1) is 33.9. The van der Waals surface area contributed by atoms with Crippen molar-refractivity contribution >= 4 is 16.1 Å². The maximum Gasteiger partial charge on any atom is 0.407 e. The molecule has 0 bridgehead atoms. The predicted molar refractivity (Wildman–Crippen MR) is 167 cm³/mol. The Morgan fingerprint density at radius 2 is 1.49 bits per heavy atom. The Kier molecular flexibility index (Phi) is 12.0. The van der Waals surface area contributed by atoms with E-state index in [1.165, 1.54) is 23.5 Å². The van der Waals surface area contributed by atoms with Crippen LogP contribution in [0.5, 0.6) is 11.5 Å². The summed E-state index contributed by atoms with van der Waals surface area (Å²) in [5.41, 5.74) is 1.12. The lowest BCUT2D eigenvalue weighted by atomic mass is 10.0. The molecule has 0 fully saturated rings. The lowest BCUT2D eigenvalue weighted by molar-refractivity contribution is 0.0400. The summed E-state index contributed by atoms with van der Waals surface area (Å²) < 4.78 is 45.0. The molecule has 234 valence electrons. The van der Waals surface area contributed by atoms with Crippen molar-refractivity contribution in [1.29, 1.82) is 0 Å². The normalized spacial score (nSPS) is 13.4. The van der Waals surface area contributed by atoms with Gasteiger partial charge in [-0.1, -0.05) is 56.3 Å². The van der Waals surface area contributed by atoms with Crippen molar-refractivity contribution in [3.63, 3.8) is 0 Å². The van der Waals surface area contributed by atoms with Crippen molar-refractivity contribution in [2.75, 3.05) is 20.2 Å². The number of nitrogens with one attached hydrogen (secondary N) is 1. The number of rotatable bonds is 14. The molecule has 0 aromatic heterocycles. The molecule has 10 heteroatoms. The monoisotopic (exact) mass is 612 g/mol. The number of aliphatic hydroxyl groups excluding tert-OH is 1. The maximum atomic E-state index is 13.6. The second-order valence-electron chi connectivity index (χ2n) is 11.8. The van der Waals surface area contributed by atoms with E-state index in [0.717, 1.165) is 11.1 Å². The Morgan fingerprint density at radius 1 is 0.884 bits per heavy atom. The van der Waals surface area contributed by atoms with Crippen molar-refractivity contribution < 1.29 is 32.5 Å². The molecule has 0 radical (unpaired) electrons. The van der Waals surface area contributed by atoms with Gasteiger partial charge in [-0.25, -0.2) is 13.2 Å². The van der Waals surface area contributed by atoms with E-state index in [1.807, 2.05) is 68.4 Å². The quantitative estimate of drug-likeness (QED) is 0.250. The molecule has 0 aliphatic heterocycles. The molecule has 3 aromatic carbocycles. The summed E-state index contributed by atoms with van der Waals surface area (Å²) in [5.74, 6) is 1.20. The Labute approximate surface area is 255 Å². The van der Waals surface area contributed by atoms with Gasteiger partial charge in [0.1, 0.15) is 23.7 Å². The van der Waals surface area contributed by atoms with Gasteiger partial charge in [-0.2, -0.15) is 4.31 Å². The van der Waals surface area contributed by atoms with Crippen molar-refractivity contribution in [2.45, 2.75) is 70.3 Å². The molecule has 3 aromatic rings. The molecule has 2 atom stereocenters. The van der Waals surface area contributed by atoms with E-state index in [9.17, 15) is 18.3 Å². The number of aliphatic hydroxyl groups is 1. The summed E-state index contributed by atoms with van der Waals surface area (Å²) >= 11 is 0. The molecule has 1 amide bonds. The van der Waals surface area contributed by atoms with Crippen LogP contribution < -0.4 is 14.8 Å². The summed E-state index contributed by atoms with van der Waals surface area (Å²) in [7, 11) is -2.45. The second kappa shape index (κ2) is 15.2. The molecular formula is C33H44N2O7S. The third kappa shape index (κ3) is 10.9. The van der Waals surface area contributed by atoms with Gasteiger partial charge in [0.25, 0.3) is 0 Å². The molecule has 0 saturated heterocycles. The lowest BCUT2D eigenvalue weighted by Crippen LogP contribution is -2.51. The number of amides is 1. The molecule has 0 aliphatic rings. The van der Waals surface area contributed by atoms with Crippen LogP contribution in [0.4, 0.5) is 4.79 Å². The maximum absolute atomic E-state index is 13.6. The smallest absolute Gasteiger partial charge is 0.407 e. The van der Waals surface area contributed by atoms with Crippen LogP contribution in [0.25, 0.3) is 0 Å². The predicted octanol–water partition coefficient (Wildman–Crippen LogP) is 5.42. The second-order valence-corrected chi connectivity index (χ2v) is 13.8. The van der Waals surface area contributed by atoms with Crippen LogP contribution in [-0.4, -0.2) is 61.9 Å². The standard InChI is InChI=1S/C33H44N2O7S/c1-24(2)21-35(43(38,39)29-18-16-27(40-6)17-19-29)22-31(36)30(34-32(37)42-33(3,4)5)20-25-12-14-28(15-13-25)41-23-26-10-8-7-9-11-26/h7-19,24,30-31,36H,20-23H2,1-6H3,(H,34,37)/t30?,31-/m0/s1. The van der Waals surface area contributed by atoms with Gasteiger partial charge in [-0.3, -0.25) is 0 Å².